The van der Waals surface area contributed by atoms with E-state index < -0.39 is 0 Å². The van der Waals surface area contributed by atoms with Gasteiger partial charge in [-0.25, -0.2) is 9.97 Å². The number of hydrogen-bond acceptors (Lipinski definition) is 3. The van der Waals surface area contributed by atoms with Gasteiger partial charge in [0.25, 0.3) is 0 Å². The summed E-state index contributed by atoms with van der Waals surface area (Å²) >= 11 is 7.76. The quantitative estimate of drug-likeness (QED) is 0.457. The molecule has 0 aliphatic heterocycles. The Morgan fingerprint density at radius 2 is 2.00 bits per heavy atom. The molecule has 4 heteroatoms. The first-order valence-electron chi connectivity index (χ1n) is 5.61. The molecule has 2 nitrogen and oxygen atoms in total. The average molecular weight is 259 g/mol. The van der Waals surface area contributed by atoms with E-state index in [1.165, 1.54) is 12.8 Å². The fourth-order valence-corrected chi connectivity index (χ4v) is 2.36. The van der Waals surface area contributed by atoms with Crippen LogP contribution in [0.2, 0.25) is 5.15 Å². The minimum atomic E-state index is -0.0506. The summed E-state index contributed by atoms with van der Waals surface area (Å²) < 4.78 is 0. The van der Waals surface area contributed by atoms with Crippen LogP contribution >= 0.6 is 23.4 Å². The molecule has 0 atom stereocenters. The lowest BCUT2D eigenvalue weighted by Gasteiger charge is -2.17. The fraction of sp³-hybridized carbons (Fsp3) is 0.667. The van der Waals surface area contributed by atoms with Crippen molar-refractivity contribution in [3.63, 3.8) is 0 Å². The van der Waals surface area contributed by atoms with Crippen molar-refractivity contribution in [2.75, 3.05) is 5.75 Å². The molecule has 1 aromatic heterocycles. The number of rotatable bonds is 4. The lowest BCUT2D eigenvalue weighted by molar-refractivity contribution is 0.538. The molecule has 0 unspecified atom stereocenters. The van der Waals surface area contributed by atoms with Crippen molar-refractivity contribution >= 4 is 23.4 Å². The molecule has 1 heterocycles. The van der Waals surface area contributed by atoms with Gasteiger partial charge in [0.15, 0.2) is 0 Å². The second-order valence-electron chi connectivity index (χ2n) is 4.80. The monoisotopic (exact) mass is 258 g/mol. The molecular weight excluding hydrogens is 240 g/mol. The summed E-state index contributed by atoms with van der Waals surface area (Å²) in [4.78, 5) is 8.82. The highest BCUT2D eigenvalue weighted by Gasteiger charge is 2.18. The van der Waals surface area contributed by atoms with E-state index in [4.69, 9.17) is 11.6 Å². The topological polar surface area (TPSA) is 25.8 Å². The van der Waals surface area contributed by atoms with E-state index in [1.54, 1.807) is 11.8 Å². The molecule has 0 aliphatic carbocycles. The maximum absolute atomic E-state index is 6.00. The Hall–Kier alpha value is -0.280. The van der Waals surface area contributed by atoms with Gasteiger partial charge in [-0.05, 0) is 12.2 Å². The third kappa shape index (κ3) is 4.30. The first-order chi connectivity index (χ1) is 7.43. The molecule has 0 saturated carbocycles. The molecule has 0 aromatic carbocycles. The van der Waals surface area contributed by atoms with E-state index in [9.17, 15) is 0 Å². The first-order valence-corrected chi connectivity index (χ1v) is 6.97. The van der Waals surface area contributed by atoms with Gasteiger partial charge in [-0.15, -0.1) is 11.8 Å². The van der Waals surface area contributed by atoms with Crippen LogP contribution in [0.25, 0.3) is 0 Å². The van der Waals surface area contributed by atoms with E-state index in [1.807, 2.05) is 6.07 Å². The summed E-state index contributed by atoms with van der Waals surface area (Å²) in [7, 11) is 0. The Morgan fingerprint density at radius 1 is 1.31 bits per heavy atom. The van der Waals surface area contributed by atoms with Crippen LogP contribution in [-0.2, 0) is 5.41 Å². The Labute approximate surface area is 107 Å². The van der Waals surface area contributed by atoms with Crippen LogP contribution in [0.1, 0.15) is 46.4 Å². The van der Waals surface area contributed by atoms with Crippen LogP contribution in [0.4, 0.5) is 0 Å². The van der Waals surface area contributed by atoms with E-state index in [0.717, 1.165) is 16.6 Å². The molecule has 0 spiro atoms. The zero-order valence-electron chi connectivity index (χ0n) is 10.4. The fourth-order valence-electron chi connectivity index (χ4n) is 1.13. The van der Waals surface area contributed by atoms with Crippen molar-refractivity contribution in [1.82, 2.24) is 9.97 Å². The molecule has 0 saturated heterocycles. The summed E-state index contributed by atoms with van der Waals surface area (Å²) in [6, 6.07) is 1.84. The van der Waals surface area contributed by atoms with Crippen LogP contribution in [0, 0.1) is 0 Å². The minimum Gasteiger partial charge on any atom is -0.226 e. The van der Waals surface area contributed by atoms with E-state index in [-0.39, 0.29) is 5.41 Å². The molecule has 0 N–H and O–H groups in total. The molecule has 1 rings (SSSR count). The van der Waals surface area contributed by atoms with Crippen LogP contribution in [0.5, 0.6) is 0 Å². The van der Waals surface area contributed by atoms with Crippen molar-refractivity contribution in [1.29, 1.82) is 0 Å². The van der Waals surface area contributed by atoms with Crippen LogP contribution in [0.15, 0.2) is 11.1 Å². The Kier molecular flexibility index (Phi) is 5.06. The predicted molar refractivity (Wildman–Crippen MR) is 71.4 cm³/mol. The number of aromatic nitrogens is 2. The Balaban J connectivity index is 2.82. The van der Waals surface area contributed by atoms with Gasteiger partial charge < -0.3 is 0 Å². The zero-order chi connectivity index (χ0) is 12.2. The highest BCUT2D eigenvalue weighted by molar-refractivity contribution is 7.99. The molecular formula is C12H19ClN2S. The second kappa shape index (κ2) is 5.87. The maximum atomic E-state index is 6.00. The highest BCUT2D eigenvalue weighted by Crippen LogP contribution is 2.25. The number of halogens is 1. The minimum absolute atomic E-state index is 0.0506. The zero-order valence-corrected chi connectivity index (χ0v) is 12.0. The molecule has 90 valence electrons. The van der Waals surface area contributed by atoms with Gasteiger partial charge in [0, 0.05) is 11.5 Å². The third-order valence-corrected chi connectivity index (χ3v) is 3.28. The summed E-state index contributed by atoms with van der Waals surface area (Å²) in [6.07, 6.45) is 2.41. The van der Waals surface area contributed by atoms with Gasteiger partial charge in [0.1, 0.15) is 16.0 Å². The van der Waals surface area contributed by atoms with Crippen molar-refractivity contribution in [3.8, 4) is 0 Å². The van der Waals surface area contributed by atoms with Gasteiger partial charge in [0.05, 0.1) is 0 Å². The average Bonchev–Trinajstić information content (AvgIpc) is 2.16. The molecule has 0 aliphatic rings. The van der Waals surface area contributed by atoms with Crippen molar-refractivity contribution in [2.24, 2.45) is 0 Å². The summed E-state index contributed by atoms with van der Waals surface area (Å²) in [5, 5.41) is 1.53. The molecule has 16 heavy (non-hydrogen) atoms. The lowest BCUT2D eigenvalue weighted by atomic mass is 9.96. The van der Waals surface area contributed by atoms with E-state index >= 15 is 0 Å². The highest BCUT2D eigenvalue weighted by atomic mass is 35.5. The number of unbranched alkanes of at least 4 members (excludes halogenated alkanes) is 1. The molecule has 0 radical (unpaired) electrons. The van der Waals surface area contributed by atoms with Crippen molar-refractivity contribution in [3.05, 3.63) is 17.0 Å². The molecule has 1 aromatic rings. The smallest absolute Gasteiger partial charge is 0.136 e. The Morgan fingerprint density at radius 3 is 2.56 bits per heavy atom. The number of nitrogens with zero attached hydrogens (tertiary/aromatic N) is 2. The van der Waals surface area contributed by atoms with Crippen molar-refractivity contribution in [2.45, 2.75) is 51.0 Å². The lowest BCUT2D eigenvalue weighted by Crippen LogP contribution is -2.16. The maximum Gasteiger partial charge on any atom is 0.136 e. The van der Waals surface area contributed by atoms with Crippen LogP contribution in [-0.4, -0.2) is 15.7 Å². The summed E-state index contributed by atoms with van der Waals surface area (Å²) in [5.74, 6) is 1.91. The molecule has 0 fully saturated rings. The number of thioether (sulfide) groups is 1. The predicted octanol–water partition coefficient (Wildman–Crippen LogP) is 4.32. The largest absolute Gasteiger partial charge is 0.226 e. The van der Waals surface area contributed by atoms with Gasteiger partial charge in [-0.3, -0.25) is 0 Å². The van der Waals surface area contributed by atoms with E-state index in [2.05, 4.69) is 37.7 Å². The summed E-state index contributed by atoms with van der Waals surface area (Å²) in [5.41, 5.74) is -0.0506. The van der Waals surface area contributed by atoms with Gasteiger partial charge in [-0.2, -0.15) is 0 Å². The second-order valence-corrected chi connectivity index (χ2v) is 6.31. The summed E-state index contributed by atoms with van der Waals surface area (Å²) in [6.45, 7) is 8.48. The van der Waals surface area contributed by atoms with Gasteiger partial charge in [-0.1, -0.05) is 45.7 Å². The third-order valence-electron chi connectivity index (χ3n) is 2.09. The van der Waals surface area contributed by atoms with Crippen LogP contribution in [0.3, 0.4) is 0 Å². The van der Waals surface area contributed by atoms with Gasteiger partial charge >= 0.3 is 0 Å². The van der Waals surface area contributed by atoms with Crippen LogP contribution < -0.4 is 0 Å². The van der Waals surface area contributed by atoms with E-state index in [0.29, 0.717) is 5.15 Å². The van der Waals surface area contributed by atoms with Crippen molar-refractivity contribution < 1.29 is 0 Å². The molecule has 0 amide bonds. The standard InChI is InChI=1S/C12H19ClN2S/c1-5-6-7-16-10-8-9(13)14-11(15-10)12(2,3)4/h8H,5-7H2,1-4H3. The number of hydrogen-bond donors (Lipinski definition) is 0. The molecule has 0 bridgehead atoms. The Bertz CT molecular complexity index is 347. The van der Waals surface area contributed by atoms with Gasteiger partial charge in [0.2, 0.25) is 0 Å². The SMILES string of the molecule is CCCCSc1cc(Cl)nc(C(C)(C)C)n1. The first kappa shape index (κ1) is 13.8. The normalized spacial score (nSPS) is 11.8.